The van der Waals surface area contributed by atoms with Gasteiger partial charge in [-0.05, 0) is 62.1 Å². The number of hydrogen-bond donors (Lipinski definition) is 2. The fraction of sp³-hybridized carbons (Fsp3) is 0.417. The van der Waals surface area contributed by atoms with Gasteiger partial charge in [0.2, 0.25) is 0 Å². The molecule has 6 nitrogen and oxygen atoms in total. The molecule has 6 heteroatoms. The molecule has 1 aliphatic rings. The van der Waals surface area contributed by atoms with E-state index in [4.69, 9.17) is 4.74 Å². The van der Waals surface area contributed by atoms with E-state index in [0.29, 0.717) is 18.7 Å². The Balaban J connectivity index is 1.66. The summed E-state index contributed by atoms with van der Waals surface area (Å²) in [5, 5.41) is 5.95. The van der Waals surface area contributed by atoms with Crippen molar-refractivity contribution in [2.75, 3.05) is 26.7 Å². The summed E-state index contributed by atoms with van der Waals surface area (Å²) in [7, 11) is 1.63. The van der Waals surface area contributed by atoms with Crippen molar-refractivity contribution in [3.05, 3.63) is 65.2 Å². The first kappa shape index (κ1) is 21.7. The predicted octanol–water partition coefficient (Wildman–Crippen LogP) is 4.10. The molecule has 2 aromatic carbocycles. The molecule has 0 aromatic heterocycles. The van der Waals surface area contributed by atoms with Gasteiger partial charge in [-0.1, -0.05) is 24.3 Å². The standard InChI is InChI=1S/C24H31N3O3/c1-4-25-24(29)27-14-6-9-21(16-27)19-7-5-8-20(15-19)23(28)26-17(2)18-10-12-22(30-3)13-11-18/h5,7-8,10-13,15,17,21H,4,6,9,14,16H2,1-3H3,(H,25,29)(H,26,28)/t17-,21+/m0/s1. The summed E-state index contributed by atoms with van der Waals surface area (Å²) in [5.41, 5.74) is 2.77. The van der Waals surface area contributed by atoms with E-state index in [9.17, 15) is 9.59 Å². The number of nitrogens with zero attached hydrogens (tertiary/aromatic N) is 1. The fourth-order valence-corrected chi connectivity index (χ4v) is 3.89. The van der Waals surface area contributed by atoms with Gasteiger partial charge in [-0.2, -0.15) is 0 Å². The van der Waals surface area contributed by atoms with E-state index >= 15 is 0 Å². The van der Waals surface area contributed by atoms with Crippen LogP contribution in [0.25, 0.3) is 0 Å². The lowest BCUT2D eigenvalue weighted by Gasteiger charge is -2.33. The van der Waals surface area contributed by atoms with Gasteiger partial charge in [-0.15, -0.1) is 0 Å². The summed E-state index contributed by atoms with van der Waals surface area (Å²) < 4.78 is 5.19. The molecule has 0 radical (unpaired) electrons. The molecular formula is C24H31N3O3. The van der Waals surface area contributed by atoms with Crippen LogP contribution in [-0.4, -0.2) is 43.6 Å². The van der Waals surface area contributed by atoms with Gasteiger partial charge in [0.1, 0.15) is 5.75 Å². The maximum absolute atomic E-state index is 12.8. The van der Waals surface area contributed by atoms with Crippen molar-refractivity contribution in [1.29, 1.82) is 0 Å². The van der Waals surface area contributed by atoms with Gasteiger partial charge in [0.15, 0.2) is 0 Å². The van der Waals surface area contributed by atoms with Gasteiger partial charge >= 0.3 is 6.03 Å². The molecule has 3 amide bonds. The number of nitrogens with one attached hydrogen (secondary N) is 2. The van der Waals surface area contributed by atoms with Crippen molar-refractivity contribution in [3.63, 3.8) is 0 Å². The smallest absolute Gasteiger partial charge is 0.317 e. The van der Waals surface area contributed by atoms with E-state index in [2.05, 4.69) is 16.7 Å². The van der Waals surface area contributed by atoms with E-state index in [0.717, 1.165) is 36.3 Å². The van der Waals surface area contributed by atoms with Crippen molar-refractivity contribution in [3.8, 4) is 5.75 Å². The van der Waals surface area contributed by atoms with Crippen LogP contribution in [-0.2, 0) is 0 Å². The Hall–Kier alpha value is -3.02. The summed E-state index contributed by atoms with van der Waals surface area (Å²) in [6, 6.07) is 15.3. The summed E-state index contributed by atoms with van der Waals surface area (Å²) in [4.78, 5) is 26.9. The molecule has 1 heterocycles. The summed E-state index contributed by atoms with van der Waals surface area (Å²) in [6.07, 6.45) is 1.98. The number of carbonyl (C=O) groups excluding carboxylic acids is 2. The third-order valence-corrected chi connectivity index (χ3v) is 5.62. The molecule has 1 aliphatic heterocycles. The van der Waals surface area contributed by atoms with Crippen LogP contribution in [0.1, 0.15) is 60.1 Å². The molecule has 0 unspecified atom stereocenters. The van der Waals surface area contributed by atoms with Crippen molar-refractivity contribution >= 4 is 11.9 Å². The first-order valence-electron chi connectivity index (χ1n) is 10.6. The number of carbonyl (C=O) groups is 2. The van der Waals surface area contributed by atoms with Crippen LogP contribution < -0.4 is 15.4 Å². The lowest BCUT2D eigenvalue weighted by atomic mass is 9.89. The van der Waals surface area contributed by atoms with Crippen molar-refractivity contribution < 1.29 is 14.3 Å². The number of piperidine rings is 1. The number of benzene rings is 2. The highest BCUT2D eigenvalue weighted by molar-refractivity contribution is 5.94. The third-order valence-electron chi connectivity index (χ3n) is 5.62. The Labute approximate surface area is 178 Å². The topological polar surface area (TPSA) is 70.7 Å². The van der Waals surface area contributed by atoms with E-state index in [1.807, 2.05) is 61.2 Å². The predicted molar refractivity (Wildman–Crippen MR) is 118 cm³/mol. The highest BCUT2D eigenvalue weighted by Gasteiger charge is 2.25. The second-order valence-corrected chi connectivity index (χ2v) is 7.71. The van der Waals surface area contributed by atoms with Gasteiger partial charge < -0.3 is 20.3 Å². The Morgan fingerprint density at radius 3 is 2.67 bits per heavy atom. The monoisotopic (exact) mass is 409 g/mol. The van der Waals surface area contributed by atoms with Crippen LogP contribution in [0, 0.1) is 0 Å². The number of hydrogen-bond acceptors (Lipinski definition) is 3. The quantitative estimate of drug-likeness (QED) is 0.755. The van der Waals surface area contributed by atoms with Crippen LogP contribution in [0.3, 0.4) is 0 Å². The zero-order valence-corrected chi connectivity index (χ0v) is 18.0. The average molecular weight is 410 g/mol. The molecule has 2 atom stereocenters. The number of amides is 3. The highest BCUT2D eigenvalue weighted by Crippen LogP contribution is 2.28. The number of rotatable bonds is 6. The molecular weight excluding hydrogens is 378 g/mol. The normalized spacial score (nSPS) is 17.2. The molecule has 1 fully saturated rings. The molecule has 0 aliphatic carbocycles. The van der Waals surface area contributed by atoms with E-state index in [1.165, 1.54) is 0 Å². The van der Waals surface area contributed by atoms with Crippen LogP contribution in [0.2, 0.25) is 0 Å². The maximum Gasteiger partial charge on any atom is 0.317 e. The summed E-state index contributed by atoms with van der Waals surface area (Å²) in [6.45, 7) is 5.98. The number of likely N-dealkylation sites (tertiary alicyclic amines) is 1. The van der Waals surface area contributed by atoms with Crippen molar-refractivity contribution in [2.24, 2.45) is 0 Å². The van der Waals surface area contributed by atoms with Crippen molar-refractivity contribution in [2.45, 2.75) is 38.6 Å². The Bertz CT molecular complexity index is 866. The van der Waals surface area contributed by atoms with E-state index in [-0.39, 0.29) is 23.9 Å². The van der Waals surface area contributed by atoms with Gasteiger partial charge in [-0.3, -0.25) is 4.79 Å². The molecule has 3 rings (SSSR count). The minimum absolute atomic E-state index is 0.00980. The molecule has 160 valence electrons. The summed E-state index contributed by atoms with van der Waals surface area (Å²) in [5.74, 6) is 0.934. The van der Waals surface area contributed by atoms with Crippen LogP contribution in [0.4, 0.5) is 4.79 Å². The maximum atomic E-state index is 12.8. The fourth-order valence-electron chi connectivity index (χ4n) is 3.89. The molecule has 2 N–H and O–H groups in total. The van der Waals surface area contributed by atoms with Gasteiger partial charge in [-0.25, -0.2) is 4.79 Å². The first-order valence-corrected chi connectivity index (χ1v) is 10.6. The minimum Gasteiger partial charge on any atom is -0.497 e. The Kier molecular flexibility index (Phi) is 7.33. The summed E-state index contributed by atoms with van der Waals surface area (Å²) >= 11 is 0. The first-order chi connectivity index (χ1) is 14.5. The third kappa shape index (κ3) is 5.32. The van der Waals surface area contributed by atoms with E-state index in [1.54, 1.807) is 7.11 Å². The van der Waals surface area contributed by atoms with E-state index < -0.39 is 0 Å². The molecule has 0 spiro atoms. The number of ether oxygens (including phenoxy) is 1. The number of urea groups is 1. The zero-order chi connectivity index (χ0) is 21.5. The molecule has 1 saturated heterocycles. The molecule has 30 heavy (non-hydrogen) atoms. The lowest BCUT2D eigenvalue weighted by Crippen LogP contribution is -2.44. The second-order valence-electron chi connectivity index (χ2n) is 7.71. The van der Waals surface area contributed by atoms with Crippen molar-refractivity contribution in [1.82, 2.24) is 15.5 Å². The molecule has 2 aromatic rings. The van der Waals surface area contributed by atoms with Crippen LogP contribution in [0.5, 0.6) is 5.75 Å². The Morgan fingerprint density at radius 1 is 1.20 bits per heavy atom. The Morgan fingerprint density at radius 2 is 1.97 bits per heavy atom. The molecule has 0 saturated carbocycles. The number of methoxy groups -OCH3 is 1. The SMILES string of the molecule is CCNC(=O)N1CCC[C@@H](c2cccc(C(=O)N[C@@H](C)c3ccc(OC)cc3)c2)C1. The van der Waals surface area contributed by atoms with Crippen LogP contribution in [0.15, 0.2) is 48.5 Å². The minimum atomic E-state index is -0.116. The zero-order valence-electron chi connectivity index (χ0n) is 18.0. The second kappa shape index (κ2) is 10.1. The lowest BCUT2D eigenvalue weighted by molar-refractivity contribution is 0.0939. The van der Waals surface area contributed by atoms with Gasteiger partial charge in [0.05, 0.1) is 13.2 Å². The van der Waals surface area contributed by atoms with Crippen LogP contribution >= 0.6 is 0 Å². The van der Waals surface area contributed by atoms with Gasteiger partial charge in [0, 0.05) is 31.1 Å². The molecule has 0 bridgehead atoms. The average Bonchev–Trinajstić information content (AvgIpc) is 2.79. The largest absolute Gasteiger partial charge is 0.497 e. The highest BCUT2D eigenvalue weighted by atomic mass is 16.5. The van der Waals surface area contributed by atoms with Gasteiger partial charge in [0.25, 0.3) is 5.91 Å².